The van der Waals surface area contributed by atoms with Gasteiger partial charge in [-0.2, -0.15) is 0 Å². The molecular formula is C15H16N2O6. The van der Waals surface area contributed by atoms with Crippen molar-refractivity contribution in [2.75, 3.05) is 26.9 Å². The van der Waals surface area contributed by atoms with Crippen LogP contribution >= 0.6 is 0 Å². The molecule has 0 fully saturated rings. The Kier molecular flexibility index (Phi) is 5.56. The van der Waals surface area contributed by atoms with E-state index in [2.05, 4.69) is 5.32 Å². The van der Waals surface area contributed by atoms with Crippen molar-refractivity contribution in [1.82, 2.24) is 10.6 Å². The van der Waals surface area contributed by atoms with E-state index < -0.39 is 24.5 Å². The number of ether oxygens (including phenoxy) is 3. The van der Waals surface area contributed by atoms with Gasteiger partial charge in [0.1, 0.15) is 13.2 Å². The number of amides is 3. The van der Waals surface area contributed by atoms with Crippen LogP contribution in [0.3, 0.4) is 0 Å². The Morgan fingerprint density at radius 2 is 1.96 bits per heavy atom. The predicted molar refractivity (Wildman–Crippen MR) is 80.0 cm³/mol. The first kappa shape index (κ1) is 16.3. The second kappa shape index (κ2) is 7.83. The van der Waals surface area contributed by atoms with E-state index in [1.54, 1.807) is 18.2 Å². The number of benzene rings is 1. The van der Waals surface area contributed by atoms with Crippen LogP contribution in [0.25, 0.3) is 6.08 Å². The van der Waals surface area contributed by atoms with Crippen LogP contribution in [0.15, 0.2) is 24.3 Å². The quantitative estimate of drug-likeness (QED) is 0.617. The molecule has 1 aliphatic rings. The molecule has 122 valence electrons. The van der Waals surface area contributed by atoms with Gasteiger partial charge in [0.25, 0.3) is 5.91 Å². The lowest BCUT2D eigenvalue weighted by Gasteiger charge is -2.18. The monoisotopic (exact) mass is 320 g/mol. The Morgan fingerprint density at radius 1 is 1.22 bits per heavy atom. The van der Waals surface area contributed by atoms with Crippen LogP contribution in [-0.2, 0) is 14.3 Å². The number of esters is 1. The summed E-state index contributed by atoms with van der Waals surface area (Å²) in [5.74, 6) is -0.157. The lowest BCUT2D eigenvalue weighted by molar-refractivity contribution is -0.143. The van der Waals surface area contributed by atoms with Crippen molar-refractivity contribution in [3.63, 3.8) is 0 Å². The highest BCUT2D eigenvalue weighted by Crippen LogP contribution is 2.31. The second-order valence-electron chi connectivity index (χ2n) is 4.47. The number of carbonyl (C=O) groups excluding carboxylic acids is 3. The molecule has 8 nitrogen and oxygen atoms in total. The number of fused-ring (bicyclic) bond motifs is 1. The van der Waals surface area contributed by atoms with Gasteiger partial charge in [-0.15, -0.1) is 0 Å². The van der Waals surface area contributed by atoms with Crippen molar-refractivity contribution < 1.29 is 28.6 Å². The summed E-state index contributed by atoms with van der Waals surface area (Å²) in [5.41, 5.74) is 0.723. The smallest absolute Gasteiger partial charge is 0.331 e. The van der Waals surface area contributed by atoms with Gasteiger partial charge in [-0.1, -0.05) is 6.07 Å². The molecule has 0 bridgehead atoms. The van der Waals surface area contributed by atoms with Crippen molar-refractivity contribution in [2.45, 2.75) is 0 Å². The fourth-order valence-corrected chi connectivity index (χ4v) is 1.74. The minimum Gasteiger partial charge on any atom is -0.486 e. The van der Waals surface area contributed by atoms with Gasteiger partial charge in [0.2, 0.25) is 0 Å². The maximum absolute atomic E-state index is 11.5. The Hall–Kier alpha value is -3.03. The maximum atomic E-state index is 11.5. The molecule has 0 aliphatic carbocycles. The van der Waals surface area contributed by atoms with E-state index in [0.29, 0.717) is 24.7 Å². The third-order valence-electron chi connectivity index (χ3n) is 2.80. The molecule has 0 saturated heterocycles. The molecule has 0 atom stereocenters. The molecule has 0 saturated carbocycles. The third kappa shape index (κ3) is 5.03. The van der Waals surface area contributed by atoms with Gasteiger partial charge < -0.3 is 19.5 Å². The van der Waals surface area contributed by atoms with E-state index in [0.717, 1.165) is 5.56 Å². The van der Waals surface area contributed by atoms with Crippen molar-refractivity contribution >= 4 is 24.0 Å². The van der Waals surface area contributed by atoms with Crippen LogP contribution in [0, 0.1) is 0 Å². The zero-order chi connectivity index (χ0) is 16.7. The van der Waals surface area contributed by atoms with Crippen molar-refractivity contribution in [1.29, 1.82) is 0 Å². The standard InChI is InChI=1S/C15H16N2O6/c1-16-15(20)17-13(18)9-23-14(19)5-3-10-2-4-11-12(8-10)22-7-6-21-11/h2-5,8H,6-7,9H2,1H3,(H2,16,17,18,20)/b5-3+. The third-order valence-corrected chi connectivity index (χ3v) is 2.80. The molecule has 0 aromatic heterocycles. The van der Waals surface area contributed by atoms with Crippen molar-refractivity contribution in [2.24, 2.45) is 0 Å². The molecule has 1 aliphatic heterocycles. The SMILES string of the molecule is CNC(=O)NC(=O)COC(=O)/C=C/c1ccc2c(c1)OCCO2. The van der Waals surface area contributed by atoms with Gasteiger partial charge in [-0.05, 0) is 23.8 Å². The molecule has 0 unspecified atom stereocenters. The first-order valence-corrected chi connectivity index (χ1v) is 6.84. The van der Waals surface area contributed by atoms with Gasteiger partial charge in [0.05, 0.1) is 0 Å². The lowest BCUT2D eigenvalue weighted by atomic mass is 10.2. The van der Waals surface area contributed by atoms with E-state index >= 15 is 0 Å². The highest BCUT2D eigenvalue weighted by atomic mass is 16.6. The zero-order valence-corrected chi connectivity index (χ0v) is 12.5. The molecule has 23 heavy (non-hydrogen) atoms. The normalized spacial score (nSPS) is 12.6. The first-order valence-electron chi connectivity index (χ1n) is 6.84. The first-order chi connectivity index (χ1) is 11.1. The van der Waals surface area contributed by atoms with Crippen LogP contribution in [-0.4, -0.2) is 44.8 Å². The fraction of sp³-hybridized carbons (Fsp3) is 0.267. The van der Waals surface area contributed by atoms with E-state index in [1.807, 2.05) is 5.32 Å². The topological polar surface area (TPSA) is 103 Å². The van der Waals surface area contributed by atoms with Crippen molar-refractivity contribution in [3.05, 3.63) is 29.8 Å². The molecule has 8 heteroatoms. The number of nitrogens with one attached hydrogen (secondary N) is 2. The van der Waals surface area contributed by atoms with Crippen LogP contribution in [0.5, 0.6) is 11.5 Å². The summed E-state index contributed by atoms with van der Waals surface area (Å²) in [6.45, 7) is 0.438. The largest absolute Gasteiger partial charge is 0.486 e. The minimum atomic E-state index is -0.717. The molecule has 2 N–H and O–H groups in total. The number of hydrogen-bond acceptors (Lipinski definition) is 6. The molecule has 0 radical (unpaired) electrons. The van der Waals surface area contributed by atoms with Crippen LogP contribution in [0.2, 0.25) is 0 Å². The number of carbonyl (C=O) groups is 3. The van der Waals surface area contributed by atoms with Crippen LogP contribution < -0.4 is 20.1 Å². The summed E-state index contributed by atoms with van der Waals surface area (Å²) in [6.07, 6.45) is 2.70. The van der Waals surface area contributed by atoms with Gasteiger partial charge in [-0.3, -0.25) is 10.1 Å². The van der Waals surface area contributed by atoms with E-state index in [-0.39, 0.29) is 0 Å². The summed E-state index contributed by atoms with van der Waals surface area (Å²) in [4.78, 5) is 33.6. The van der Waals surface area contributed by atoms with E-state index in [4.69, 9.17) is 14.2 Å². The minimum absolute atomic E-state index is 0.475. The fourth-order valence-electron chi connectivity index (χ4n) is 1.74. The molecule has 1 heterocycles. The van der Waals surface area contributed by atoms with Gasteiger partial charge in [-0.25, -0.2) is 9.59 Å². The van der Waals surface area contributed by atoms with E-state index in [9.17, 15) is 14.4 Å². The highest BCUT2D eigenvalue weighted by molar-refractivity contribution is 5.96. The number of hydrogen-bond donors (Lipinski definition) is 2. The molecule has 2 rings (SSSR count). The number of rotatable bonds is 4. The maximum Gasteiger partial charge on any atom is 0.331 e. The van der Waals surface area contributed by atoms with Crippen LogP contribution in [0.1, 0.15) is 5.56 Å². The Balaban J connectivity index is 1.84. The summed E-state index contributed by atoms with van der Waals surface area (Å²) < 4.78 is 15.5. The average Bonchev–Trinajstić information content (AvgIpc) is 2.57. The molecule has 1 aromatic carbocycles. The van der Waals surface area contributed by atoms with Crippen molar-refractivity contribution in [3.8, 4) is 11.5 Å². The molecule has 0 spiro atoms. The molecule has 1 aromatic rings. The summed E-state index contributed by atoms with van der Waals surface area (Å²) in [6, 6.07) is 4.57. The van der Waals surface area contributed by atoms with Gasteiger partial charge in [0, 0.05) is 13.1 Å². The molecular weight excluding hydrogens is 304 g/mol. The summed E-state index contributed by atoms with van der Waals surface area (Å²) in [7, 11) is 1.37. The lowest BCUT2D eigenvalue weighted by Crippen LogP contribution is -2.39. The van der Waals surface area contributed by atoms with Gasteiger partial charge >= 0.3 is 12.0 Å². The Bertz CT molecular complexity index is 641. The number of imide groups is 1. The summed E-state index contributed by atoms with van der Waals surface area (Å²) >= 11 is 0. The summed E-state index contributed by atoms with van der Waals surface area (Å²) in [5, 5.41) is 4.18. The second-order valence-corrected chi connectivity index (χ2v) is 4.47. The Labute approximate surface area is 132 Å². The van der Waals surface area contributed by atoms with E-state index in [1.165, 1.54) is 19.2 Å². The van der Waals surface area contributed by atoms with Crippen LogP contribution in [0.4, 0.5) is 4.79 Å². The number of urea groups is 1. The predicted octanol–water partition coefficient (Wildman–Crippen LogP) is 0.470. The Morgan fingerprint density at radius 3 is 2.70 bits per heavy atom. The molecule has 3 amide bonds. The zero-order valence-electron chi connectivity index (χ0n) is 12.5. The van der Waals surface area contributed by atoms with Gasteiger partial charge in [0.15, 0.2) is 18.1 Å². The average molecular weight is 320 g/mol. The highest BCUT2D eigenvalue weighted by Gasteiger charge is 2.11.